The Hall–Kier alpha value is -1.29. The number of nitrogen functional groups attached to an aromatic ring is 1. The quantitative estimate of drug-likeness (QED) is 0.714. The number of hydrogen-bond donors (Lipinski definition) is 1. The Morgan fingerprint density at radius 1 is 1.36 bits per heavy atom. The first kappa shape index (κ1) is 9.27. The second kappa shape index (κ2) is 3.84. The molecule has 0 radical (unpaired) electrons. The van der Waals surface area contributed by atoms with E-state index in [0.29, 0.717) is 10.8 Å². The summed E-state index contributed by atoms with van der Waals surface area (Å²) in [4.78, 5) is 10.0. The molecule has 1 aliphatic heterocycles. The van der Waals surface area contributed by atoms with Crippen molar-refractivity contribution in [1.29, 1.82) is 0 Å². The van der Waals surface area contributed by atoms with Crippen LogP contribution in [0.15, 0.2) is 18.5 Å². The van der Waals surface area contributed by atoms with Crippen molar-refractivity contribution in [3.8, 4) is 0 Å². The molecule has 4 nitrogen and oxygen atoms in total. The normalized spacial score (nSPS) is 15.9. The molecule has 0 fully saturated rings. The van der Waals surface area contributed by atoms with Gasteiger partial charge in [-0.3, -0.25) is 0 Å². The second-order valence-electron chi connectivity index (χ2n) is 3.10. The molecule has 0 saturated heterocycles. The third kappa shape index (κ3) is 1.65. The van der Waals surface area contributed by atoms with Crippen LogP contribution in [0.25, 0.3) is 0 Å². The Labute approximate surface area is 87.4 Å². The fraction of sp³-hybridized carbons (Fsp3) is 0.333. The monoisotopic (exact) mass is 210 g/mol. The molecule has 0 amide bonds. The van der Waals surface area contributed by atoms with Crippen molar-refractivity contribution in [3.63, 3.8) is 0 Å². The molecule has 0 bridgehead atoms. The van der Waals surface area contributed by atoms with Crippen LogP contribution in [-0.4, -0.2) is 23.1 Å². The largest absolute Gasteiger partial charge is 0.382 e. The van der Waals surface area contributed by atoms with Gasteiger partial charge in [-0.05, 0) is 6.42 Å². The highest BCUT2D eigenvalue weighted by molar-refractivity contribution is 6.35. The minimum absolute atomic E-state index is 0.339. The summed E-state index contributed by atoms with van der Waals surface area (Å²) in [6.07, 6.45) is 6.70. The Morgan fingerprint density at radius 3 is 2.93 bits per heavy atom. The summed E-state index contributed by atoms with van der Waals surface area (Å²) < 4.78 is 0. The topological polar surface area (TPSA) is 55.0 Å². The van der Waals surface area contributed by atoms with Gasteiger partial charge >= 0.3 is 0 Å². The highest BCUT2D eigenvalue weighted by atomic mass is 35.5. The molecule has 0 atom stereocenters. The fourth-order valence-electron chi connectivity index (χ4n) is 1.43. The summed E-state index contributed by atoms with van der Waals surface area (Å²) in [7, 11) is 0. The van der Waals surface area contributed by atoms with Crippen LogP contribution in [0, 0.1) is 0 Å². The van der Waals surface area contributed by atoms with Gasteiger partial charge in [-0.15, -0.1) is 0 Å². The van der Waals surface area contributed by atoms with Gasteiger partial charge in [-0.2, -0.15) is 0 Å². The van der Waals surface area contributed by atoms with E-state index in [2.05, 4.69) is 27.0 Å². The van der Waals surface area contributed by atoms with Crippen LogP contribution in [0.5, 0.6) is 0 Å². The molecule has 2 heterocycles. The van der Waals surface area contributed by atoms with Gasteiger partial charge in [0.1, 0.15) is 17.2 Å². The SMILES string of the molecule is Nc1ncnc(N2CC=CCC2)c1Cl. The summed E-state index contributed by atoms with van der Waals surface area (Å²) in [6.45, 7) is 1.75. The maximum atomic E-state index is 6.01. The van der Waals surface area contributed by atoms with Gasteiger partial charge < -0.3 is 10.6 Å². The molecule has 2 N–H and O–H groups in total. The van der Waals surface area contributed by atoms with Crippen LogP contribution in [0.2, 0.25) is 5.02 Å². The zero-order chi connectivity index (χ0) is 9.97. The summed E-state index contributed by atoms with van der Waals surface area (Å²) in [5.41, 5.74) is 5.60. The standard InChI is InChI=1S/C9H11ClN4/c10-7-8(11)12-6-13-9(7)14-4-2-1-3-5-14/h1-2,6H,3-5H2,(H2,11,12,13). The molecule has 74 valence electrons. The van der Waals surface area contributed by atoms with E-state index in [-0.39, 0.29) is 0 Å². The van der Waals surface area contributed by atoms with Crippen LogP contribution < -0.4 is 10.6 Å². The van der Waals surface area contributed by atoms with E-state index < -0.39 is 0 Å². The number of nitrogens with zero attached hydrogens (tertiary/aromatic N) is 3. The highest BCUT2D eigenvalue weighted by Crippen LogP contribution is 2.27. The van der Waals surface area contributed by atoms with E-state index in [1.807, 2.05) is 0 Å². The Kier molecular flexibility index (Phi) is 2.54. The number of nitrogens with two attached hydrogens (primary N) is 1. The van der Waals surface area contributed by atoms with Crippen LogP contribution in [0.3, 0.4) is 0 Å². The summed E-state index contributed by atoms with van der Waals surface area (Å²) >= 11 is 6.01. The minimum atomic E-state index is 0.339. The van der Waals surface area contributed by atoms with Gasteiger partial charge in [0, 0.05) is 13.1 Å². The molecule has 0 saturated carbocycles. The summed E-state index contributed by atoms with van der Waals surface area (Å²) in [5.74, 6) is 1.06. The van der Waals surface area contributed by atoms with E-state index in [0.717, 1.165) is 25.3 Å². The first-order valence-electron chi connectivity index (χ1n) is 4.45. The van der Waals surface area contributed by atoms with Crippen LogP contribution in [0.1, 0.15) is 6.42 Å². The smallest absolute Gasteiger partial charge is 0.153 e. The lowest BCUT2D eigenvalue weighted by molar-refractivity contribution is 0.803. The van der Waals surface area contributed by atoms with Gasteiger partial charge in [0.15, 0.2) is 5.82 Å². The maximum absolute atomic E-state index is 6.01. The molecule has 1 aliphatic rings. The second-order valence-corrected chi connectivity index (χ2v) is 3.48. The van der Waals surface area contributed by atoms with Gasteiger partial charge in [0.2, 0.25) is 0 Å². The minimum Gasteiger partial charge on any atom is -0.382 e. The van der Waals surface area contributed by atoms with E-state index in [1.54, 1.807) is 0 Å². The molecule has 1 aromatic heterocycles. The van der Waals surface area contributed by atoms with Crippen molar-refractivity contribution < 1.29 is 0 Å². The molecule has 5 heteroatoms. The van der Waals surface area contributed by atoms with E-state index in [9.17, 15) is 0 Å². The highest BCUT2D eigenvalue weighted by Gasteiger charge is 2.14. The predicted octanol–water partition coefficient (Wildman–Crippen LogP) is 1.48. The Balaban J connectivity index is 2.31. The molecular weight excluding hydrogens is 200 g/mol. The zero-order valence-electron chi connectivity index (χ0n) is 7.65. The van der Waals surface area contributed by atoms with Crippen molar-refractivity contribution >= 4 is 23.2 Å². The number of anilines is 2. The van der Waals surface area contributed by atoms with Crippen molar-refractivity contribution in [2.75, 3.05) is 23.7 Å². The average Bonchev–Trinajstić information content (AvgIpc) is 2.23. The van der Waals surface area contributed by atoms with Crippen LogP contribution >= 0.6 is 11.6 Å². The molecule has 0 unspecified atom stereocenters. The summed E-state index contributed by atoms with van der Waals surface area (Å²) in [6, 6.07) is 0. The van der Waals surface area contributed by atoms with Crippen molar-refractivity contribution in [3.05, 3.63) is 23.5 Å². The summed E-state index contributed by atoms with van der Waals surface area (Å²) in [5, 5.41) is 0.447. The predicted molar refractivity (Wildman–Crippen MR) is 57.4 cm³/mol. The van der Waals surface area contributed by atoms with Gasteiger partial charge in [0.25, 0.3) is 0 Å². The van der Waals surface area contributed by atoms with Crippen molar-refractivity contribution in [2.24, 2.45) is 0 Å². The van der Waals surface area contributed by atoms with E-state index in [1.165, 1.54) is 6.33 Å². The maximum Gasteiger partial charge on any atom is 0.153 e. The number of aromatic nitrogens is 2. The van der Waals surface area contributed by atoms with Crippen molar-refractivity contribution in [1.82, 2.24) is 9.97 Å². The van der Waals surface area contributed by atoms with Crippen LogP contribution in [-0.2, 0) is 0 Å². The number of hydrogen-bond acceptors (Lipinski definition) is 4. The fourth-order valence-corrected chi connectivity index (χ4v) is 1.64. The lowest BCUT2D eigenvalue weighted by atomic mass is 10.2. The lowest BCUT2D eigenvalue weighted by Gasteiger charge is -2.25. The molecule has 1 aromatic rings. The van der Waals surface area contributed by atoms with Gasteiger partial charge in [0.05, 0.1) is 0 Å². The molecule has 0 spiro atoms. The molecule has 0 aromatic carbocycles. The molecular formula is C9H11ClN4. The van der Waals surface area contributed by atoms with Crippen molar-refractivity contribution in [2.45, 2.75) is 6.42 Å². The van der Waals surface area contributed by atoms with E-state index in [4.69, 9.17) is 17.3 Å². The number of rotatable bonds is 1. The zero-order valence-corrected chi connectivity index (χ0v) is 8.41. The average molecular weight is 211 g/mol. The van der Waals surface area contributed by atoms with Gasteiger partial charge in [-0.25, -0.2) is 9.97 Å². The molecule has 0 aliphatic carbocycles. The van der Waals surface area contributed by atoms with Crippen LogP contribution in [0.4, 0.5) is 11.6 Å². The van der Waals surface area contributed by atoms with Gasteiger partial charge in [-0.1, -0.05) is 23.8 Å². The number of halogens is 1. The molecule has 14 heavy (non-hydrogen) atoms. The third-order valence-electron chi connectivity index (χ3n) is 2.16. The first-order valence-corrected chi connectivity index (χ1v) is 4.83. The third-order valence-corrected chi connectivity index (χ3v) is 2.52. The Morgan fingerprint density at radius 2 is 2.21 bits per heavy atom. The van der Waals surface area contributed by atoms with E-state index >= 15 is 0 Å². The first-order chi connectivity index (χ1) is 6.79. The lowest BCUT2D eigenvalue weighted by Crippen LogP contribution is -2.28. The Bertz CT molecular complexity index is 364. The molecule has 2 rings (SSSR count).